The molecule has 80 valence electrons. The third-order valence-electron chi connectivity index (χ3n) is 2.99. The van der Waals surface area contributed by atoms with Gasteiger partial charge in [0, 0.05) is 13.0 Å². The molecule has 1 aromatic carbocycles. The van der Waals surface area contributed by atoms with Gasteiger partial charge in [0.05, 0.1) is 25.9 Å². The molecule has 0 aliphatic carbocycles. The summed E-state index contributed by atoms with van der Waals surface area (Å²) < 4.78 is 10.6. The molecular formula is C12H15NO2. The van der Waals surface area contributed by atoms with E-state index in [2.05, 4.69) is 23.5 Å². The summed E-state index contributed by atoms with van der Waals surface area (Å²) in [7, 11) is 0. The van der Waals surface area contributed by atoms with Crippen molar-refractivity contribution in [1.29, 1.82) is 0 Å². The Hall–Kier alpha value is -1.06. The van der Waals surface area contributed by atoms with E-state index in [9.17, 15) is 0 Å². The van der Waals surface area contributed by atoms with Crippen LogP contribution in [0.4, 0.5) is 0 Å². The van der Waals surface area contributed by atoms with E-state index in [1.54, 1.807) is 0 Å². The molecule has 1 aromatic rings. The number of ether oxygens (including phenoxy) is 2. The molecule has 0 aromatic heterocycles. The van der Waals surface area contributed by atoms with E-state index in [1.165, 1.54) is 11.1 Å². The second-order valence-corrected chi connectivity index (χ2v) is 4.16. The van der Waals surface area contributed by atoms with Gasteiger partial charge in [-0.15, -0.1) is 0 Å². The molecule has 0 saturated carbocycles. The highest BCUT2D eigenvalue weighted by molar-refractivity contribution is 5.39. The lowest BCUT2D eigenvalue weighted by molar-refractivity contribution is -0.00578. The lowest BCUT2D eigenvalue weighted by atomic mass is 10.1. The molecule has 2 aliphatic rings. The van der Waals surface area contributed by atoms with Gasteiger partial charge in [-0.25, -0.2) is 0 Å². The summed E-state index contributed by atoms with van der Waals surface area (Å²) in [5.41, 5.74) is 2.69. The van der Waals surface area contributed by atoms with Crippen molar-refractivity contribution in [3.05, 3.63) is 29.3 Å². The molecule has 1 N–H and O–H groups in total. The van der Waals surface area contributed by atoms with Gasteiger partial charge >= 0.3 is 0 Å². The highest BCUT2D eigenvalue weighted by Crippen LogP contribution is 2.25. The molecule has 0 amide bonds. The van der Waals surface area contributed by atoms with Crippen molar-refractivity contribution >= 4 is 0 Å². The van der Waals surface area contributed by atoms with E-state index in [4.69, 9.17) is 9.47 Å². The van der Waals surface area contributed by atoms with Crippen LogP contribution in [0.5, 0.6) is 5.75 Å². The largest absolute Gasteiger partial charge is 0.493 e. The van der Waals surface area contributed by atoms with Crippen molar-refractivity contribution in [3.8, 4) is 5.75 Å². The molecule has 3 rings (SSSR count). The van der Waals surface area contributed by atoms with Gasteiger partial charge < -0.3 is 14.8 Å². The Morgan fingerprint density at radius 2 is 2.27 bits per heavy atom. The SMILES string of the molecule is c1cc2c(cc1CNC1COC1)CCO2. The lowest BCUT2D eigenvalue weighted by Gasteiger charge is -2.27. The monoisotopic (exact) mass is 205 g/mol. The second kappa shape index (κ2) is 3.83. The van der Waals surface area contributed by atoms with Crippen LogP contribution >= 0.6 is 0 Å². The maximum atomic E-state index is 5.47. The Balaban J connectivity index is 1.64. The van der Waals surface area contributed by atoms with Crippen molar-refractivity contribution < 1.29 is 9.47 Å². The third kappa shape index (κ3) is 1.85. The fourth-order valence-corrected chi connectivity index (χ4v) is 1.97. The molecule has 0 unspecified atom stereocenters. The zero-order valence-corrected chi connectivity index (χ0v) is 8.66. The second-order valence-electron chi connectivity index (χ2n) is 4.16. The molecule has 0 radical (unpaired) electrons. The van der Waals surface area contributed by atoms with Crippen LogP contribution in [0.25, 0.3) is 0 Å². The summed E-state index contributed by atoms with van der Waals surface area (Å²) in [6, 6.07) is 7.01. The van der Waals surface area contributed by atoms with Crippen LogP contribution in [-0.2, 0) is 17.7 Å². The molecule has 0 bridgehead atoms. The van der Waals surface area contributed by atoms with Gasteiger partial charge in [0.15, 0.2) is 0 Å². The smallest absolute Gasteiger partial charge is 0.122 e. The zero-order chi connectivity index (χ0) is 10.1. The van der Waals surface area contributed by atoms with Gasteiger partial charge in [-0.2, -0.15) is 0 Å². The van der Waals surface area contributed by atoms with Crippen molar-refractivity contribution in [3.63, 3.8) is 0 Å². The summed E-state index contributed by atoms with van der Waals surface area (Å²) in [5.74, 6) is 1.06. The maximum absolute atomic E-state index is 5.47. The molecular weight excluding hydrogens is 190 g/mol. The molecule has 0 spiro atoms. The quantitative estimate of drug-likeness (QED) is 0.802. The van der Waals surface area contributed by atoms with Crippen LogP contribution in [0, 0.1) is 0 Å². The fraction of sp³-hybridized carbons (Fsp3) is 0.500. The summed E-state index contributed by atoms with van der Waals surface area (Å²) in [6.07, 6.45) is 1.05. The molecule has 3 nitrogen and oxygen atoms in total. The predicted octanol–water partition coefficient (Wildman–Crippen LogP) is 1.11. The molecule has 3 heteroatoms. The fourth-order valence-electron chi connectivity index (χ4n) is 1.97. The topological polar surface area (TPSA) is 30.5 Å². The number of benzene rings is 1. The van der Waals surface area contributed by atoms with E-state index < -0.39 is 0 Å². The Morgan fingerprint density at radius 3 is 3.07 bits per heavy atom. The first-order chi connectivity index (χ1) is 7.42. The number of fused-ring (bicyclic) bond motifs is 1. The van der Waals surface area contributed by atoms with Crippen molar-refractivity contribution in [2.45, 2.75) is 19.0 Å². The Morgan fingerprint density at radius 1 is 1.33 bits per heavy atom. The van der Waals surface area contributed by atoms with Gasteiger partial charge in [-0.1, -0.05) is 12.1 Å². The lowest BCUT2D eigenvalue weighted by Crippen LogP contribution is -2.45. The van der Waals surface area contributed by atoms with Crippen LogP contribution in [0.15, 0.2) is 18.2 Å². The van der Waals surface area contributed by atoms with Gasteiger partial charge in [0.25, 0.3) is 0 Å². The number of hydrogen-bond donors (Lipinski definition) is 1. The van der Waals surface area contributed by atoms with E-state index in [0.29, 0.717) is 6.04 Å². The van der Waals surface area contributed by atoms with Crippen LogP contribution in [0.2, 0.25) is 0 Å². The van der Waals surface area contributed by atoms with Crippen LogP contribution in [0.3, 0.4) is 0 Å². The molecule has 1 saturated heterocycles. The molecule has 15 heavy (non-hydrogen) atoms. The van der Waals surface area contributed by atoms with E-state index in [0.717, 1.165) is 38.5 Å². The minimum absolute atomic E-state index is 0.550. The highest BCUT2D eigenvalue weighted by Gasteiger charge is 2.17. The van der Waals surface area contributed by atoms with Gasteiger partial charge in [0.1, 0.15) is 5.75 Å². The first kappa shape index (κ1) is 9.19. The summed E-state index contributed by atoms with van der Waals surface area (Å²) in [5, 5.41) is 3.46. The predicted molar refractivity (Wildman–Crippen MR) is 57.1 cm³/mol. The van der Waals surface area contributed by atoms with E-state index >= 15 is 0 Å². The minimum Gasteiger partial charge on any atom is -0.493 e. The average molecular weight is 205 g/mol. The molecule has 2 aliphatic heterocycles. The van der Waals surface area contributed by atoms with E-state index in [1.807, 2.05) is 0 Å². The Bertz CT molecular complexity index is 361. The average Bonchev–Trinajstić information content (AvgIpc) is 2.62. The summed E-state index contributed by atoms with van der Waals surface area (Å²) in [6.45, 7) is 3.48. The normalized spacial score (nSPS) is 19.5. The maximum Gasteiger partial charge on any atom is 0.122 e. The number of nitrogens with one attached hydrogen (secondary N) is 1. The van der Waals surface area contributed by atoms with Gasteiger partial charge in [-0.05, 0) is 17.2 Å². The van der Waals surface area contributed by atoms with Crippen molar-refractivity contribution in [1.82, 2.24) is 5.32 Å². The Labute approximate surface area is 89.4 Å². The van der Waals surface area contributed by atoms with Crippen LogP contribution in [0.1, 0.15) is 11.1 Å². The van der Waals surface area contributed by atoms with Crippen molar-refractivity contribution in [2.24, 2.45) is 0 Å². The van der Waals surface area contributed by atoms with Crippen molar-refractivity contribution in [2.75, 3.05) is 19.8 Å². The zero-order valence-electron chi connectivity index (χ0n) is 8.66. The summed E-state index contributed by atoms with van der Waals surface area (Å²) >= 11 is 0. The molecule has 1 fully saturated rings. The van der Waals surface area contributed by atoms with E-state index in [-0.39, 0.29) is 0 Å². The first-order valence-electron chi connectivity index (χ1n) is 5.47. The van der Waals surface area contributed by atoms with Crippen LogP contribution < -0.4 is 10.1 Å². The highest BCUT2D eigenvalue weighted by atomic mass is 16.5. The number of rotatable bonds is 3. The number of hydrogen-bond acceptors (Lipinski definition) is 3. The molecule has 2 heterocycles. The van der Waals surface area contributed by atoms with Gasteiger partial charge in [-0.3, -0.25) is 0 Å². The minimum atomic E-state index is 0.550. The standard InChI is InChI=1S/C12H15NO2/c1-2-12-10(3-4-15-12)5-9(1)6-13-11-7-14-8-11/h1-2,5,11,13H,3-4,6-8H2. The Kier molecular flexibility index (Phi) is 2.35. The molecule has 0 atom stereocenters. The third-order valence-corrected chi connectivity index (χ3v) is 2.99. The van der Waals surface area contributed by atoms with Gasteiger partial charge in [0.2, 0.25) is 0 Å². The van der Waals surface area contributed by atoms with Crippen LogP contribution in [-0.4, -0.2) is 25.9 Å². The summed E-state index contributed by atoms with van der Waals surface area (Å²) in [4.78, 5) is 0. The first-order valence-corrected chi connectivity index (χ1v) is 5.47.